The Morgan fingerprint density at radius 3 is 2.67 bits per heavy atom. The minimum Gasteiger partial charge on any atom is -0.376 e. The van der Waals surface area contributed by atoms with Crippen molar-refractivity contribution in [2.24, 2.45) is 5.41 Å². The standard InChI is InChI=1S/C11H20ClNO2/c1-8-11(4,5-6-15-8)13-9(14)10(2,3)7-12/h8H,5-7H2,1-4H3,(H,13,14). The lowest BCUT2D eigenvalue weighted by atomic mass is 9.89. The van der Waals surface area contributed by atoms with Crippen molar-refractivity contribution in [1.29, 1.82) is 0 Å². The van der Waals surface area contributed by atoms with Gasteiger partial charge in [-0.3, -0.25) is 4.79 Å². The van der Waals surface area contributed by atoms with Gasteiger partial charge in [0.05, 0.1) is 17.1 Å². The predicted molar refractivity (Wildman–Crippen MR) is 61.1 cm³/mol. The first kappa shape index (κ1) is 12.8. The molecule has 0 radical (unpaired) electrons. The van der Waals surface area contributed by atoms with E-state index in [9.17, 15) is 4.79 Å². The largest absolute Gasteiger partial charge is 0.376 e. The lowest BCUT2D eigenvalue weighted by Gasteiger charge is -2.32. The first-order chi connectivity index (χ1) is 6.82. The average molecular weight is 234 g/mol. The maximum absolute atomic E-state index is 12.0. The second-order valence-electron chi connectivity index (χ2n) is 5.15. The van der Waals surface area contributed by atoms with E-state index in [0.717, 1.165) is 6.42 Å². The van der Waals surface area contributed by atoms with Crippen LogP contribution >= 0.6 is 11.6 Å². The number of alkyl halides is 1. The van der Waals surface area contributed by atoms with Gasteiger partial charge in [-0.05, 0) is 34.1 Å². The quantitative estimate of drug-likeness (QED) is 0.757. The van der Waals surface area contributed by atoms with Crippen molar-refractivity contribution in [3.63, 3.8) is 0 Å². The Bertz CT molecular complexity index is 255. The smallest absolute Gasteiger partial charge is 0.227 e. The maximum atomic E-state index is 12.0. The summed E-state index contributed by atoms with van der Waals surface area (Å²) in [6, 6.07) is 0. The van der Waals surface area contributed by atoms with Gasteiger partial charge in [-0.25, -0.2) is 0 Å². The van der Waals surface area contributed by atoms with Gasteiger partial charge in [0.15, 0.2) is 0 Å². The molecule has 1 rings (SSSR count). The Morgan fingerprint density at radius 2 is 2.27 bits per heavy atom. The summed E-state index contributed by atoms with van der Waals surface area (Å²) < 4.78 is 5.47. The molecule has 3 nitrogen and oxygen atoms in total. The maximum Gasteiger partial charge on any atom is 0.227 e. The third-order valence-corrected chi connectivity index (χ3v) is 3.90. The van der Waals surface area contributed by atoms with Crippen LogP contribution in [0, 0.1) is 5.41 Å². The summed E-state index contributed by atoms with van der Waals surface area (Å²) in [5.74, 6) is 0.321. The van der Waals surface area contributed by atoms with Crippen molar-refractivity contribution in [3.05, 3.63) is 0 Å². The molecule has 1 aliphatic rings. The van der Waals surface area contributed by atoms with Gasteiger partial charge in [-0.2, -0.15) is 0 Å². The zero-order valence-corrected chi connectivity index (χ0v) is 10.6. The summed E-state index contributed by atoms with van der Waals surface area (Å²) in [4.78, 5) is 12.0. The van der Waals surface area contributed by atoms with Crippen molar-refractivity contribution in [2.75, 3.05) is 12.5 Å². The number of carbonyl (C=O) groups excluding carboxylic acids is 1. The lowest BCUT2D eigenvalue weighted by molar-refractivity contribution is -0.130. The van der Waals surface area contributed by atoms with Crippen LogP contribution in [-0.4, -0.2) is 30.0 Å². The van der Waals surface area contributed by atoms with Crippen LogP contribution in [0.2, 0.25) is 0 Å². The van der Waals surface area contributed by atoms with Gasteiger partial charge in [-0.1, -0.05) is 0 Å². The monoisotopic (exact) mass is 233 g/mol. The molecule has 0 saturated carbocycles. The molecule has 1 aliphatic heterocycles. The van der Waals surface area contributed by atoms with Crippen molar-refractivity contribution in [1.82, 2.24) is 5.32 Å². The molecule has 15 heavy (non-hydrogen) atoms. The average Bonchev–Trinajstić information content (AvgIpc) is 2.47. The molecular weight excluding hydrogens is 214 g/mol. The number of nitrogens with one attached hydrogen (secondary N) is 1. The fourth-order valence-corrected chi connectivity index (χ4v) is 1.61. The van der Waals surface area contributed by atoms with Crippen LogP contribution in [0.5, 0.6) is 0 Å². The second-order valence-corrected chi connectivity index (χ2v) is 5.42. The molecule has 2 unspecified atom stereocenters. The summed E-state index contributed by atoms with van der Waals surface area (Å²) in [7, 11) is 0. The van der Waals surface area contributed by atoms with Crippen LogP contribution < -0.4 is 5.32 Å². The molecule has 0 aromatic carbocycles. The molecule has 1 fully saturated rings. The molecule has 1 amide bonds. The number of ether oxygens (including phenoxy) is 1. The van der Waals surface area contributed by atoms with E-state index in [1.165, 1.54) is 0 Å². The minimum absolute atomic E-state index is 0.00245. The van der Waals surface area contributed by atoms with E-state index in [1.54, 1.807) is 0 Å². The number of rotatable bonds is 3. The molecule has 0 bridgehead atoms. The van der Waals surface area contributed by atoms with E-state index < -0.39 is 5.41 Å². The minimum atomic E-state index is -0.521. The molecule has 1 saturated heterocycles. The molecule has 4 heteroatoms. The Balaban J connectivity index is 2.65. The van der Waals surface area contributed by atoms with Crippen LogP contribution in [0.25, 0.3) is 0 Å². The van der Waals surface area contributed by atoms with Gasteiger partial charge in [0.1, 0.15) is 0 Å². The Labute approximate surface area is 96.5 Å². The van der Waals surface area contributed by atoms with E-state index in [2.05, 4.69) is 5.32 Å². The highest BCUT2D eigenvalue weighted by molar-refractivity contribution is 6.19. The number of carbonyl (C=O) groups is 1. The molecule has 1 heterocycles. The highest BCUT2D eigenvalue weighted by atomic mass is 35.5. The number of hydrogen-bond acceptors (Lipinski definition) is 2. The molecule has 2 atom stereocenters. The molecule has 88 valence electrons. The van der Waals surface area contributed by atoms with E-state index in [0.29, 0.717) is 12.5 Å². The summed E-state index contributed by atoms with van der Waals surface area (Å²) in [5, 5.41) is 3.05. The predicted octanol–water partition coefficient (Wildman–Crippen LogP) is 1.94. The van der Waals surface area contributed by atoms with Crippen LogP contribution in [0.1, 0.15) is 34.1 Å². The Kier molecular flexibility index (Phi) is 3.67. The van der Waals surface area contributed by atoms with E-state index in [1.807, 2.05) is 27.7 Å². The number of amides is 1. The van der Waals surface area contributed by atoms with Crippen LogP contribution in [-0.2, 0) is 9.53 Å². The lowest BCUT2D eigenvalue weighted by Crippen LogP contribution is -2.54. The van der Waals surface area contributed by atoms with E-state index in [-0.39, 0.29) is 17.6 Å². The number of halogens is 1. The van der Waals surface area contributed by atoms with Crippen LogP contribution in [0.15, 0.2) is 0 Å². The third kappa shape index (κ3) is 2.64. The van der Waals surface area contributed by atoms with Gasteiger partial charge < -0.3 is 10.1 Å². The van der Waals surface area contributed by atoms with Crippen molar-refractivity contribution >= 4 is 17.5 Å². The molecule has 1 N–H and O–H groups in total. The van der Waals surface area contributed by atoms with Crippen molar-refractivity contribution in [2.45, 2.75) is 45.8 Å². The van der Waals surface area contributed by atoms with Crippen molar-refractivity contribution in [3.8, 4) is 0 Å². The van der Waals surface area contributed by atoms with Gasteiger partial charge in [0, 0.05) is 12.5 Å². The van der Waals surface area contributed by atoms with E-state index >= 15 is 0 Å². The molecule has 0 spiro atoms. The van der Waals surface area contributed by atoms with Crippen LogP contribution in [0.3, 0.4) is 0 Å². The second kappa shape index (κ2) is 4.30. The summed E-state index contributed by atoms with van der Waals surface area (Å²) in [6.07, 6.45) is 0.922. The first-order valence-corrected chi connectivity index (χ1v) is 5.85. The highest BCUT2D eigenvalue weighted by Crippen LogP contribution is 2.27. The van der Waals surface area contributed by atoms with Gasteiger partial charge in [0.25, 0.3) is 0 Å². The van der Waals surface area contributed by atoms with Gasteiger partial charge >= 0.3 is 0 Å². The molecule has 0 aliphatic carbocycles. The van der Waals surface area contributed by atoms with Crippen LogP contribution in [0.4, 0.5) is 0 Å². The SMILES string of the molecule is CC1OCCC1(C)NC(=O)C(C)(C)CCl. The Morgan fingerprint density at radius 1 is 1.67 bits per heavy atom. The summed E-state index contributed by atoms with van der Waals surface area (Å²) >= 11 is 5.76. The molecule has 0 aromatic heterocycles. The fourth-order valence-electron chi connectivity index (χ4n) is 1.49. The normalized spacial score (nSPS) is 31.7. The first-order valence-electron chi connectivity index (χ1n) is 5.32. The summed E-state index contributed by atoms with van der Waals surface area (Å²) in [6.45, 7) is 8.41. The summed E-state index contributed by atoms with van der Waals surface area (Å²) in [5.41, 5.74) is -0.771. The van der Waals surface area contributed by atoms with Gasteiger partial charge in [0.2, 0.25) is 5.91 Å². The molecular formula is C11H20ClNO2. The van der Waals surface area contributed by atoms with Crippen molar-refractivity contribution < 1.29 is 9.53 Å². The van der Waals surface area contributed by atoms with E-state index in [4.69, 9.17) is 16.3 Å². The highest BCUT2D eigenvalue weighted by Gasteiger charge is 2.41. The number of hydrogen-bond donors (Lipinski definition) is 1. The topological polar surface area (TPSA) is 38.3 Å². The zero-order chi connectivity index (χ0) is 11.7. The fraction of sp³-hybridized carbons (Fsp3) is 0.909. The Hall–Kier alpha value is -0.280. The van der Waals surface area contributed by atoms with Gasteiger partial charge in [-0.15, -0.1) is 11.6 Å². The zero-order valence-electron chi connectivity index (χ0n) is 9.89. The third-order valence-electron chi connectivity index (χ3n) is 3.23. The molecule has 0 aromatic rings.